The van der Waals surface area contributed by atoms with E-state index in [1.165, 1.54) is 19.3 Å². The van der Waals surface area contributed by atoms with Crippen molar-refractivity contribution in [3.63, 3.8) is 0 Å². The van der Waals surface area contributed by atoms with E-state index in [1.54, 1.807) is 6.08 Å². The SMILES string of the molecule is O=C=NC1C2CCCC1CNC2. The Labute approximate surface area is 72.3 Å². The van der Waals surface area contributed by atoms with E-state index in [4.69, 9.17) is 0 Å². The van der Waals surface area contributed by atoms with Crippen LogP contribution in [-0.4, -0.2) is 25.2 Å². The number of aliphatic imine (C=N–C) groups is 1. The van der Waals surface area contributed by atoms with Crippen LogP contribution in [0.1, 0.15) is 19.3 Å². The molecule has 0 aromatic heterocycles. The van der Waals surface area contributed by atoms with E-state index in [0.29, 0.717) is 11.8 Å². The van der Waals surface area contributed by atoms with Gasteiger partial charge >= 0.3 is 0 Å². The van der Waals surface area contributed by atoms with Crippen molar-refractivity contribution in [2.24, 2.45) is 16.8 Å². The van der Waals surface area contributed by atoms with E-state index in [-0.39, 0.29) is 6.04 Å². The summed E-state index contributed by atoms with van der Waals surface area (Å²) in [4.78, 5) is 14.1. The molecular weight excluding hydrogens is 152 g/mol. The highest BCUT2D eigenvalue weighted by Gasteiger charge is 2.35. The summed E-state index contributed by atoms with van der Waals surface area (Å²) in [5.41, 5.74) is 0. The first-order valence-electron chi connectivity index (χ1n) is 4.69. The van der Waals surface area contributed by atoms with Gasteiger partial charge in [-0.15, -0.1) is 0 Å². The minimum atomic E-state index is 0.275. The summed E-state index contributed by atoms with van der Waals surface area (Å²) < 4.78 is 0. The topological polar surface area (TPSA) is 41.5 Å². The van der Waals surface area contributed by atoms with Gasteiger partial charge in [-0.25, -0.2) is 9.79 Å². The molecule has 1 saturated heterocycles. The molecule has 66 valence electrons. The van der Waals surface area contributed by atoms with Crippen molar-refractivity contribution in [3.05, 3.63) is 0 Å². The van der Waals surface area contributed by atoms with Crippen LogP contribution in [0.5, 0.6) is 0 Å². The third kappa shape index (κ3) is 1.30. The fraction of sp³-hybridized carbons (Fsp3) is 0.889. The Bertz CT molecular complexity index is 189. The molecule has 2 bridgehead atoms. The largest absolute Gasteiger partial charge is 0.316 e. The Morgan fingerprint density at radius 3 is 2.50 bits per heavy atom. The van der Waals surface area contributed by atoms with Crippen LogP contribution in [0.15, 0.2) is 4.99 Å². The number of piperidine rings is 1. The fourth-order valence-electron chi connectivity index (χ4n) is 2.54. The number of nitrogens with one attached hydrogen (secondary N) is 1. The summed E-state index contributed by atoms with van der Waals surface area (Å²) in [5, 5.41) is 3.39. The van der Waals surface area contributed by atoms with Gasteiger partial charge in [0.2, 0.25) is 6.08 Å². The molecule has 3 heteroatoms. The third-order valence-electron chi connectivity index (χ3n) is 3.13. The minimum Gasteiger partial charge on any atom is -0.316 e. The smallest absolute Gasteiger partial charge is 0.235 e. The molecule has 0 spiro atoms. The first-order valence-corrected chi connectivity index (χ1v) is 4.69. The molecule has 2 rings (SSSR count). The standard InChI is InChI=1S/C9H14N2O/c12-6-11-9-7-2-1-3-8(9)5-10-4-7/h7-10H,1-5H2. The molecule has 1 aliphatic carbocycles. The summed E-state index contributed by atoms with van der Waals surface area (Å²) in [7, 11) is 0. The average Bonchev–Trinajstić information content (AvgIpc) is 2.04. The van der Waals surface area contributed by atoms with Crippen LogP contribution in [0.2, 0.25) is 0 Å². The predicted molar refractivity (Wildman–Crippen MR) is 45.6 cm³/mol. The molecule has 3 nitrogen and oxygen atoms in total. The molecule has 1 aliphatic heterocycles. The summed E-state index contributed by atoms with van der Waals surface area (Å²) in [5.74, 6) is 1.19. The monoisotopic (exact) mass is 166 g/mol. The summed E-state index contributed by atoms with van der Waals surface area (Å²) in [6.07, 6.45) is 5.46. The van der Waals surface area contributed by atoms with E-state index in [1.807, 2.05) is 0 Å². The zero-order valence-electron chi connectivity index (χ0n) is 7.12. The van der Waals surface area contributed by atoms with Gasteiger partial charge in [0, 0.05) is 13.1 Å². The second-order valence-electron chi connectivity index (χ2n) is 3.82. The van der Waals surface area contributed by atoms with Crippen LogP contribution in [0, 0.1) is 11.8 Å². The third-order valence-corrected chi connectivity index (χ3v) is 3.13. The highest BCUT2D eigenvalue weighted by molar-refractivity contribution is 5.34. The summed E-state index contributed by atoms with van der Waals surface area (Å²) in [6, 6.07) is 0.275. The molecule has 1 saturated carbocycles. The van der Waals surface area contributed by atoms with Crippen molar-refractivity contribution >= 4 is 6.08 Å². The van der Waals surface area contributed by atoms with E-state index >= 15 is 0 Å². The van der Waals surface area contributed by atoms with E-state index in [9.17, 15) is 4.79 Å². The molecule has 2 unspecified atom stereocenters. The van der Waals surface area contributed by atoms with E-state index < -0.39 is 0 Å². The molecule has 2 atom stereocenters. The number of rotatable bonds is 1. The highest BCUT2D eigenvalue weighted by atomic mass is 16.1. The van der Waals surface area contributed by atoms with Crippen molar-refractivity contribution in [3.8, 4) is 0 Å². The summed E-state index contributed by atoms with van der Waals surface area (Å²) in [6.45, 7) is 2.07. The van der Waals surface area contributed by atoms with Gasteiger partial charge in [0.1, 0.15) is 0 Å². The van der Waals surface area contributed by atoms with Gasteiger partial charge in [0.15, 0.2) is 0 Å². The first-order chi connectivity index (χ1) is 5.92. The fourth-order valence-corrected chi connectivity index (χ4v) is 2.54. The molecule has 0 amide bonds. The Kier molecular flexibility index (Phi) is 2.24. The van der Waals surface area contributed by atoms with Gasteiger partial charge in [-0.05, 0) is 24.7 Å². The molecule has 0 aromatic carbocycles. The van der Waals surface area contributed by atoms with Crippen molar-refractivity contribution in [1.82, 2.24) is 5.32 Å². The van der Waals surface area contributed by atoms with Crippen LogP contribution in [0.25, 0.3) is 0 Å². The van der Waals surface area contributed by atoms with Crippen LogP contribution in [-0.2, 0) is 4.79 Å². The van der Waals surface area contributed by atoms with Crippen molar-refractivity contribution in [1.29, 1.82) is 0 Å². The average molecular weight is 166 g/mol. The lowest BCUT2D eigenvalue weighted by Gasteiger charge is -2.39. The normalized spacial score (nSPS) is 40.2. The quantitative estimate of drug-likeness (QED) is 0.460. The summed E-state index contributed by atoms with van der Waals surface area (Å²) >= 11 is 0. The molecule has 1 heterocycles. The lowest BCUT2D eigenvalue weighted by molar-refractivity contribution is 0.171. The second-order valence-corrected chi connectivity index (χ2v) is 3.82. The van der Waals surface area contributed by atoms with Crippen molar-refractivity contribution in [2.45, 2.75) is 25.3 Å². The molecule has 0 aromatic rings. The number of fused-ring (bicyclic) bond motifs is 2. The molecular formula is C9H14N2O. The number of isocyanates is 1. The van der Waals surface area contributed by atoms with E-state index in [0.717, 1.165) is 13.1 Å². The van der Waals surface area contributed by atoms with Gasteiger partial charge in [-0.2, -0.15) is 0 Å². The second kappa shape index (κ2) is 3.38. The molecule has 1 N–H and O–H groups in total. The zero-order chi connectivity index (χ0) is 8.39. The number of hydrogen-bond acceptors (Lipinski definition) is 3. The number of nitrogens with zero attached hydrogens (tertiary/aromatic N) is 1. The molecule has 0 radical (unpaired) electrons. The van der Waals surface area contributed by atoms with Gasteiger partial charge in [0.05, 0.1) is 6.04 Å². The van der Waals surface area contributed by atoms with Crippen LogP contribution < -0.4 is 5.32 Å². The predicted octanol–water partition coefficient (Wildman–Crippen LogP) is 0.710. The van der Waals surface area contributed by atoms with Gasteiger partial charge in [-0.3, -0.25) is 0 Å². The lowest BCUT2D eigenvalue weighted by atomic mass is 9.74. The maximum absolute atomic E-state index is 10.2. The Hall–Kier alpha value is -0.660. The number of carbonyl (C=O) groups excluding carboxylic acids is 1. The van der Waals surface area contributed by atoms with Gasteiger partial charge in [0.25, 0.3) is 0 Å². The van der Waals surface area contributed by atoms with Gasteiger partial charge in [-0.1, -0.05) is 6.42 Å². The van der Waals surface area contributed by atoms with Crippen LogP contribution >= 0.6 is 0 Å². The number of hydrogen-bond donors (Lipinski definition) is 1. The maximum Gasteiger partial charge on any atom is 0.235 e. The van der Waals surface area contributed by atoms with Crippen LogP contribution in [0.3, 0.4) is 0 Å². The Morgan fingerprint density at radius 2 is 1.92 bits per heavy atom. The Balaban J connectivity index is 2.13. The maximum atomic E-state index is 10.2. The van der Waals surface area contributed by atoms with Crippen LogP contribution in [0.4, 0.5) is 0 Å². The minimum absolute atomic E-state index is 0.275. The van der Waals surface area contributed by atoms with E-state index in [2.05, 4.69) is 10.3 Å². The molecule has 2 aliphatic rings. The van der Waals surface area contributed by atoms with Gasteiger partial charge < -0.3 is 5.32 Å². The Morgan fingerprint density at radius 1 is 1.25 bits per heavy atom. The molecule has 2 fully saturated rings. The molecule has 12 heavy (non-hydrogen) atoms. The van der Waals surface area contributed by atoms with Crippen molar-refractivity contribution < 1.29 is 4.79 Å². The van der Waals surface area contributed by atoms with Crippen molar-refractivity contribution in [2.75, 3.05) is 13.1 Å². The first kappa shape index (κ1) is 7.96. The highest BCUT2D eigenvalue weighted by Crippen LogP contribution is 2.33. The zero-order valence-corrected chi connectivity index (χ0v) is 7.12. The lowest BCUT2D eigenvalue weighted by Crippen LogP contribution is -2.48.